The van der Waals surface area contributed by atoms with E-state index in [4.69, 9.17) is 11.6 Å². The summed E-state index contributed by atoms with van der Waals surface area (Å²) in [5.74, 6) is -0.343. The van der Waals surface area contributed by atoms with E-state index in [9.17, 15) is 9.59 Å². The lowest BCUT2D eigenvalue weighted by molar-refractivity contribution is 0.0974. The van der Waals surface area contributed by atoms with Crippen LogP contribution in [0.25, 0.3) is 0 Å². The Hall–Kier alpha value is -2.65. The molecule has 1 heterocycles. The van der Waals surface area contributed by atoms with Crippen molar-refractivity contribution in [1.29, 1.82) is 0 Å². The minimum atomic E-state index is -0.188. The molecule has 1 aromatic heterocycles. The van der Waals surface area contributed by atoms with Crippen molar-refractivity contribution in [3.05, 3.63) is 93.8 Å². The number of nitrogens with zero attached hydrogens (tertiary/aromatic N) is 1. The molecule has 4 rings (SSSR count). The highest BCUT2D eigenvalue weighted by atomic mass is 35.5. The molecule has 3 nitrogen and oxygen atoms in total. The van der Waals surface area contributed by atoms with Crippen LogP contribution in [0.1, 0.15) is 37.5 Å². The molecule has 3 aromatic rings. The summed E-state index contributed by atoms with van der Waals surface area (Å²) >= 11 is 6.13. The van der Waals surface area contributed by atoms with Crippen LogP contribution in [0.2, 0.25) is 5.02 Å². The molecule has 0 aliphatic heterocycles. The van der Waals surface area contributed by atoms with Gasteiger partial charge in [-0.1, -0.05) is 54.1 Å². The molecule has 23 heavy (non-hydrogen) atoms. The van der Waals surface area contributed by atoms with Crippen molar-refractivity contribution >= 4 is 23.2 Å². The zero-order chi connectivity index (χ0) is 16.0. The van der Waals surface area contributed by atoms with Crippen LogP contribution in [0.3, 0.4) is 0 Å². The molecule has 0 saturated carbocycles. The van der Waals surface area contributed by atoms with E-state index < -0.39 is 0 Å². The summed E-state index contributed by atoms with van der Waals surface area (Å²) in [6.45, 7) is 0.547. The van der Waals surface area contributed by atoms with Crippen LogP contribution < -0.4 is 0 Å². The van der Waals surface area contributed by atoms with Crippen molar-refractivity contribution in [2.45, 2.75) is 6.54 Å². The highest BCUT2D eigenvalue weighted by molar-refractivity contribution is 6.38. The maximum atomic E-state index is 12.8. The molecule has 112 valence electrons. The van der Waals surface area contributed by atoms with Gasteiger partial charge in [0, 0.05) is 18.3 Å². The second-order valence-electron chi connectivity index (χ2n) is 5.51. The fourth-order valence-corrected chi connectivity index (χ4v) is 3.29. The monoisotopic (exact) mass is 321 g/mol. The van der Waals surface area contributed by atoms with Gasteiger partial charge in [-0.25, -0.2) is 0 Å². The van der Waals surface area contributed by atoms with Gasteiger partial charge in [-0.05, 0) is 17.7 Å². The molecule has 1 aliphatic carbocycles. The summed E-state index contributed by atoms with van der Waals surface area (Å²) in [4.78, 5) is 25.5. The van der Waals surface area contributed by atoms with Crippen LogP contribution in [0.5, 0.6) is 0 Å². The fraction of sp³-hybridized carbons (Fsp3) is 0.0526. The minimum absolute atomic E-state index is 0.155. The van der Waals surface area contributed by atoms with Gasteiger partial charge in [0.1, 0.15) is 5.69 Å². The van der Waals surface area contributed by atoms with Crippen LogP contribution in [-0.4, -0.2) is 16.1 Å². The zero-order valence-corrected chi connectivity index (χ0v) is 12.9. The number of carbonyl (C=O) groups is 2. The molecule has 0 unspecified atom stereocenters. The summed E-state index contributed by atoms with van der Waals surface area (Å²) < 4.78 is 1.83. The van der Waals surface area contributed by atoms with Crippen molar-refractivity contribution in [2.75, 3.05) is 0 Å². The molecule has 0 bridgehead atoms. The van der Waals surface area contributed by atoms with Crippen molar-refractivity contribution in [2.24, 2.45) is 0 Å². The second-order valence-corrected chi connectivity index (χ2v) is 5.92. The maximum absolute atomic E-state index is 12.8. The summed E-state index contributed by atoms with van der Waals surface area (Å²) in [5, 5.41) is 0.322. The standard InChI is InChI=1S/C19H12ClNO2/c20-15-8-4-7-13-16(15)18(22)14-9-10-21(17(14)19(13)23)11-12-5-2-1-3-6-12/h1-10H,11H2. The van der Waals surface area contributed by atoms with Crippen molar-refractivity contribution in [1.82, 2.24) is 4.57 Å². The predicted octanol–water partition coefficient (Wildman–Crippen LogP) is 3.97. The van der Waals surface area contributed by atoms with Crippen molar-refractivity contribution in [3.63, 3.8) is 0 Å². The van der Waals surface area contributed by atoms with Gasteiger partial charge >= 0.3 is 0 Å². The Kier molecular flexibility index (Phi) is 3.17. The fourth-order valence-electron chi connectivity index (χ4n) is 3.03. The summed E-state index contributed by atoms with van der Waals surface area (Å²) in [6.07, 6.45) is 1.78. The first kappa shape index (κ1) is 14.0. The lowest BCUT2D eigenvalue weighted by atomic mass is 9.88. The summed E-state index contributed by atoms with van der Waals surface area (Å²) in [6, 6.07) is 16.5. The SMILES string of the molecule is O=C1c2ccn(Cc3ccccc3)c2C(=O)c2cccc(Cl)c21. The van der Waals surface area contributed by atoms with E-state index in [2.05, 4.69) is 0 Å². The maximum Gasteiger partial charge on any atom is 0.210 e. The Morgan fingerprint density at radius 1 is 0.826 bits per heavy atom. The van der Waals surface area contributed by atoms with Crippen LogP contribution in [-0.2, 0) is 6.54 Å². The first-order valence-corrected chi connectivity index (χ1v) is 7.65. The third kappa shape index (κ3) is 2.13. The van der Waals surface area contributed by atoms with Crippen molar-refractivity contribution < 1.29 is 9.59 Å². The quantitative estimate of drug-likeness (QED) is 0.560. The van der Waals surface area contributed by atoms with Gasteiger partial charge in [0.25, 0.3) is 0 Å². The summed E-state index contributed by atoms with van der Waals surface area (Å²) in [7, 11) is 0. The second kappa shape index (κ2) is 5.21. The molecule has 0 amide bonds. The molecule has 1 aliphatic rings. The number of benzene rings is 2. The number of ketones is 2. The van der Waals surface area contributed by atoms with Crippen LogP contribution in [0.15, 0.2) is 60.8 Å². The number of fused-ring (bicyclic) bond motifs is 2. The normalized spacial score (nSPS) is 12.9. The first-order valence-electron chi connectivity index (χ1n) is 7.28. The largest absolute Gasteiger partial charge is 0.340 e. The van der Waals surface area contributed by atoms with E-state index in [1.807, 2.05) is 34.9 Å². The van der Waals surface area contributed by atoms with Crippen LogP contribution >= 0.6 is 11.6 Å². The topological polar surface area (TPSA) is 39.1 Å². The van der Waals surface area contributed by atoms with Crippen LogP contribution in [0, 0.1) is 0 Å². The Morgan fingerprint density at radius 2 is 1.61 bits per heavy atom. The number of halogens is 1. The molecule has 0 N–H and O–H groups in total. The molecule has 0 spiro atoms. The van der Waals surface area contributed by atoms with Gasteiger partial charge in [-0.15, -0.1) is 0 Å². The molecule has 0 radical (unpaired) electrons. The van der Waals surface area contributed by atoms with Gasteiger partial charge in [-0.3, -0.25) is 9.59 Å². The Balaban J connectivity index is 1.84. The van der Waals surface area contributed by atoms with Crippen molar-refractivity contribution in [3.8, 4) is 0 Å². The number of rotatable bonds is 2. The lowest BCUT2D eigenvalue weighted by Crippen LogP contribution is -2.23. The third-order valence-electron chi connectivity index (χ3n) is 4.10. The Morgan fingerprint density at radius 3 is 2.39 bits per heavy atom. The molecule has 0 atom stereocenters. The first-order chi connectivity index (χ1) is 11.2. The lowest BCUT2D eigenvalue weighted by Gasteiger charge is -2.18. The van der Waals surface area contributed by atoms with Crippen LogP contribution in [0.4, 0.5) is 0 Å². The third-order valence-corrected chi connectivity index (χ3v) is 4.42. The molecular formula is C19H12ClNO2. The molecule has 2 aromatic carbocycles. The van der Waals surface area contributed by atoms with E-state index in [0.29, 0.717) is 34.0 Å². The average Bonchev–Trinajstić information content (AvgIpc) is 2.97. The van der Waals surface area contributed by atoms with Gasteiger partial charge in [-0.2, -0.15) is 0 Å². The van der Waals surface area contributed by atoms with Gasteiger partial charge in [0.05, 0.1) is 16.1 Å². The predicted molar refractivity (Wildman–Crippen MR) is 88.3 cm³/mol. The average molecular weight is 322 g/mol. The highest BCUT2D eigenvalue weighted by Crippen LogP contribution is 2.32. The smallest absolute Gasteiger partial charge is 0.210 e. The zero-order valence-electron chi connectivity index (χ0n) is 12.1. The molecule has 0 fully saturated rings. The van der Waals surface area contributed by atoms with E-state index in [1.54, 1.807) is 30.5 Å². The number of aromatic nitrogens is 1. The van der Waals surface area contributed by atoms with E-state index in [0.717, 1.165) is 5.56 Å². The van der Waals surface area contributed by atoms with Gasteiger partial charge in [0.2, 0.25) is 5.78 Å². The van der Waals surface area contributed by atoms with E-state index in [1.165, 1.54) is 0 Å². The number of hydrogen-bond acceptors (Lipinski definition) is 2. The van der Waals surface area contributed by atoms with E-state index in [-0.39, 0.29) is 11.6 Å². The minimum Gasteiger partial charge on any atom is -0.340 e. The van der Waals surface area contributed by atoms with E-state index >= 15 is 0 Å². The Labute approximate surface area is 138 Å². The van der Waals surface area contributed by atoms with Gasteiger partial charge < -0.3 is 4.57 Å². The highest BCUT2D eigenvalue weighted by Gasteiger charge is 2.33. The number of hydrogen-bond donors (Lipinski definition) is 0. The Bertz CT molecular complexity index is 941. The summed E-state index contributed by atoms with van der Waals surface area (Å²) in [5.41, 5.74) is 2.62. The molecular weight excluding hydrogens is 310 g/mol. The molecule has 4 heteroatoms. The number of carbonyl (C=O) groups excluding carboxylic acids is 2. The molecule has 0 saturated heterocycles. The van der Waals surface area contributed by atoms with Gasteiger partial charge in [0.15, 0.2) is 5.78 Å².